The normalized spacial score (nSPS) is 12.0. The number of hydrogen-bond donors (Lipinski definition) is 4. The zero-order valence-electron chi connectivity index (χ0n) is 18.4. The van der Waals surface area contributed by atoms with Gasteiger partial charge in [0.05, 0.1) is 11.3 Å². The van der Waals surface area contributed by atoms with E-state index in [0.717, 1.165) is 22.0 Å². The summed E-state index contributed by atoms with van der Waals surface area (Å²) in [6.45, 7) is 6.06. The highest BCUT2D eigenvalue weighted by atomic mass is 32.2. The van der Waals surface area contributed by atoms with Crippen molar-refractivity contribution in [2.24, 2.45) is 0 Å². The van der Waals surface area contributed by atoms with Crippen LogP contribution in [0.15, 0.2) is 59.6 Å². The van der Waals surface area contributed by atoms with E-state index >= 15 is 0 Å². The molecule has 0 aliphatic heterocycles. The largest absolute Gasteiger partial charge is 0.361 e. The van der Waals surface area contributed by atoms with Crippen LogP contribution in [0.25, 0.3) is 10.9 Å². The van der Waals surface area contributed by atoms with Crippen molar-refractivity contribution in [3.8, 4) is 0 Å². The van der Waals surface area contributed by atoms with Gasteiger partial charge in [-0.15, -0.1) is 0 Å². The molecule has 0 radical (unpaired) electrons. The van der Waals surface area contributed by atoms with Crippen molar-refractivity contribution in [2.75, 3.05) is 6.54 Å². The molecule has 2 aromatic carbocycles. The number of aromatic nitrogens is 1. The van der Waals surface area contributed by atoms with Crippen molar-refractivity contribution in [2.45, 2.75) is 43.9 Å². The number of benzene rings is 2. The lowest BCUT2D eigenvalue weighted by atomic mass is 9.87. The third-order valence-electron chi connectivity index (χ3n) is 5.04. The van der Waals surface area contributed by atoms with Gasteiger partial charge in [0.15, 0.2) is 0 Å². The average Bonchev–Trinajstić information content (AvgIpc) is 3.14. The minimum Gasteiger partial charge on any atom is -0.361 e. The molecule has 0 atom stereocenters. The van der Waals surface area contributed by atoms with E-state index in [9.17, 15) is 18.0 Å². The van der Waals surface area contributed by atoms with Gasteiger partial charge < -0.3 is 4.98 Å². The van der Waals surface area contributed by atoms with Crippen LogP contribution in [0.3, 0.4) is 0 Å². The van der Waals surface area contributed by atoms with Crippen LogP contribution < -0.4 is 15.6 Å². The predicted molar refractivity (Wildman–Crippen MR) is 123 cm³/mol. The van der Waals surface area contributed by atoms with Gasteiger partial charge in [0, 0.05) is 30.1 Å². The molecule has 0 spiro atoms. The lowest BCUT2D eigenvalue weighted by Crippen LogP contribution is -2.43. The number of carbonyl (C=O) groups is 2. The number of hydrazine groups is 1. The molecule has 0 unspecified atom stereocenters. The molecule has 4 N–H and O–H groups in total. The summed E-state index contributed by atoms with van der Waals surface area (Å²) in [6, 6.07) is 14.3. The highest BCUT2D eigenvalue weighted by molar-refractivity contribution is 7.89. The maximum Gasteiger partial charge on any atom is 0.242 e. The summed E-state index contributed by atoms with van der Waals surface area (Å²) >= 11 is 0. The molecule has 170 valence electrons. The number of carbonyl (C=O) groups excluding carboxylic acids is 2. The molecule has 0 bridgehead atoms. The third-order valence-corrected chi connectivity index (χ3v) is 6.52. The van der Waals surface area contributed by atoms with Crippen molar-refractivity contribution in [3.05, 3.63) is 65.9 Å². The van der Waals surface area contributed by atoms with Crippen LogP contribution in [-0.2, 0) is 31.4 Å². The van der Waals surface area contributed by atoms with E-state index in [0.29, 0.717) is 0 Å². The number of rotatable bonds is 7. The van der Waals surface area contributed by atoms with Crippen molar-refractivity contribution < 1.29 is 18.0 Å². The molecule has 8 nitrogen and oxygen atoms in total. The third kappa shape index (κ3) is 5.95. The zero-order chi connectivity index (χ0) is 23.4. The number of H-pyrrole nitrogens is 1. The molecule has 0 saturated heterocycles. The monoisotopic (exact) mass is 456 g/mol. The summed E-state index contributed by atoms with van der Waals surface area (Å²) in [5.41, 5.74) is 7.36. The Morgan fingerprint density at radius 1 is 0.938 bits per heavy atom. The minimum absolute atomic E-state index is 0.0769. The van der Waals surface area contributed by atoms with Crippen molar-refractivity contribution in [1.29, 1.82) is 0 Å². The second-order valence-electron chi connectivity index (χ2n) is 8.55. The van der Waals surface area contributed by atoms with Crippen molar-refractivity contribution in [3.63, 3.8) is 0 Å². The van der Waals surface area contributed by atoms with Gasteiger partial charge in [0.1, 0.15) is 0 Å². The molecular formula is C23H28N4O4S. The van der Waals surface area contributed by atoms with Crippen LogP contribution in [-0.4, -0.2) is 31.8 Å². The van der Waals surface area contributed by atoms with Gasteiger partial charge in [0.25, 0.3) is 0 Å². The maximum absolute atomic E-state index is 12.4. The number of nitrogens with one attached hydrogen (secondary N) is 4. The van der Waals surface area contributed by atoms with E-state index < -0.39 is 15.9 Å². The van der Waals surface area contributed by atoms with Crippen LogP contribution in [0, 0.1) is 0 Å². The molecule has 0 aliphatic rings. The minimum atomic E-state index is -3.73. The Kier molecular flexibility index (Phi) is 7.00. The summed E-state index contributed by atoms with van der Waals surface area (Å²) in [5.74, 6) is -0.870. The van der Waals surface area contributed by atoms with E-state index in [2.05, 4.69) is 20.6 Å². The van der Waals surface area contributed by atoms with Crippen LogP contribution in [0.2, 0.25) is 0 Å². The van der Waals surface area contributed by atoms with Crippen LogP contribution >= 0.6 is 0 Å². The molecule has 9 heteroatoms. The lowest BCUT2D eigenvalue weighted by Gasteiger charge is -2.19. The highest BCUT2D eigenvalue weighted by Crippen LogP contribution is 2.23. The average molecular weight is 457 g/mol. The first-order valence-electron chi connectivity index (χ1n) is 10.3. The van der Waals surface area contributed by atoms with Crippen LogP contribution in [0.5, 0.6) is 0 Å². The van der Waals surface area contributed by atoms with E-state index in [-0.39, 0.29) is 35.6 Å². The van der Waals surface area contributed by atoms with Gasteiger partial charge in [0.2, 0.25) is 21.8 Å². The summed E-state index contributed by atoms with van der Waals surface area (Å²) < 4.78 is 27.2. The molecule has 32 heavy (non-hydrogen) atoms. The molecule has 3 rings (SSSR count). The number of sulfonamides is 1. The molecule has 0 saturated carbocycles. The van der Waals surface area contributed by atoms with E-state index in [1.165, 1.54) is 0 Å². The van der Waals surface area contributed by atoms with Crippen LogP contribution in [0.1, 0.15) is 38.3 Å². The van der Waals surface area contributed by atoms with Gasteiger partial charge in [-0.05, 0) is 34.7 Å². The van der Waals surface area contributed by atoms with Gasteiger partial charge in [-0.25, -0.2) is 13.1 Å². The number of hydrogen-bond acceptors (Lipinski definition) is 4. The Balaban J connectivity index is 1.44. The quantitative estimate of drug-likeness (QED) is 0.408. The molecule has 0 fully saturated rings. The van der Waals surface area contributed by atoms with E-state index in [1.807, 2.05) is 45.0 Å². The first-order valence-corrected chi connectivity index (χ1v) is 11.8. The number of amides is 2. The lowest BCUT2D eigenvalue weighted by molar-refractivity contribution is -0.128. The SMILES string of the molecule is CC(C)(C)c1ccc(S(=O)(=O)NCCC(=O)NNC(=O)Cc2c[nH]c3ccccc23)cc1. The number of aromatic amines is 1. The van der Waals surface area contributed by atoms with Crippen molar-refractivity contribution >= 4 is 32.7 Å². The fourth-order valence-electron chi connectivity index (χ4n) is 3.21. The number of fused-ring (bicyclic) bond motifs is 1. The summed E-state index contributed by atoms with van der Waals surface area (Å²) in [7, 11) is -3.73. The fourth-order valence-corrected chi connectivity index (χ4v) is 4.25. The highest BCUT2D eigenvalue weighted by Gasteiger charge is 2.18. The standard InChI is InChI=1S/C23H28N4O4S/c1-23(2,3)17-8-10-18(11-9-17)32(30,31)25-13-12-21(28)26-27-22(29)14-16-15-24-20-7-5-4-6-19(16)20/h4-11,15,24-25H,12-14H2,1-3H3,(H,26,28)(H,27,29). The first kappa shape index (κ1) is 23.5. The summed E-state index contributed by atoms with van der Waals surface area (Å²) in [4.78, 5) is 27.3. The van der Waals surface area contributed by atoms with Gasteiger partial charge >= 0.3 is 0 Å². The second-order valence-corrected chi connectivity index (χ2v) is 10.3. The van der Waals surface area contributed by atoms with Crippen LogP contribution in [0.4, 0.5) is 0 Å². The van der Waals surface area contributed by atoms with E-state index in [4.69, 9.17) is 0 Å². The smallest absolute Gasteiger partial charge is 0.242 e. The van der Waals surface area contributed by atoms with Crippen molar-refractivity contribution in [1.82, 2.24) is 20.6 Å². The molecule has 0 aliphatic carbocycles. The predicted octanol–water partition coefficient (Wildman–Crippen LogP) is 2.52. The fraction of sp³-hybridized carbons (Fsp3) is 0.304. The first-order chi connectivity index (χ1) is 15.1. The van der Waals surface area contributed by atoms with Gasteiger partial charge in [-0.1, -0.05) is 51.1 Å². The number of para-hydroxylation sites is 1. The zero-order valence-corrected chi connectivity index (χ0v) is 19.2. The Bertz CT molecular complexity index is 1210. The van der Waals surface area contributed by atoms with Gasteiger partial charge in [-0.2, -0.15) is 0 Å². The second kappa shape index (κ2) is 9.54. The Morgan fingerprint density at radius 3 is 2.28 bits per heavy atom. The topological polar surface area (TPSA) is 120 Å². The molecule has 3 aromatic rings. The summed E-state index contributed by atoms with van der Waals surface area (Å²) in [6.07, 6.45) is 1.74. The Morgan fingerprint density at radius 2 is 1.59 bits per heavy atom. The Hall–Kier alpha value is -3.17. The molecular weight excluding hydrogens is 428 g/mol. The Labute approximate surface area is 187 Å². The molecule has 1 aromatic heterocycles. The summed E-state index contributed by atoms with van der Waals surface area (Å²) in [5, 5.41) is 0.943. The maximum atomic E-state index is 12.4. The van der Waals surface area contributed by atoms with E-state index in [1.54, 1.807) is 30.5 Å². The molecule has 1 heterocycles. The molecule has 2 amide bonds. The van der Waals surface area contributed by atoms with Gasteiger partial charge in [-0.3, -0.25) is 20.4 Å².